The number of rotatable bonds is 6. The highest BCUT2D eigenvalue weighted by Gasteiger charge is 2.24. The van der Waals surface area contributed by atoms with Crippen molar-refractivity contribution in [3.05, 3.63) is 78.9 Å². The minimum atomic E-state index is -0.0588. The molecule has 6 rings (SSSR count). The highest BCUT2D eigenvalue weighted by atomic mass is 16.2. The fraction of sp³-hybridized carbons (Fsp3) is 0.120. The molecule has 0 saturated heterocycles. The summed E-state index contributed by atoms with van der Waals surface area (Å²) < 4.78 is 0. The number of aromatic amines is 2. The van der Waals surface area contributed by atoms with Crippen LogP contribution in [-0.2, 0) is 0 Å². The van der Waals surface area contributed by atoms with Gasteiger partial charge in [0, 0.05) is 46.2 Å². The first-order valence-corrected chi connectivity index (χ1v) is 10.8. The first kappa shape index (κ1) is 19.2. The van der Waals surface area contributed by atoms with Crippen molar-refractivity contribution in [1.29, 1.82) is 0 Å². The summed E-state index contributed by atoms with van der Waals surface area (Å²) in [6.07, 6.45) is 7.52. The van der Waals surface area contributed by atoms with Crippen molar-refractivity contribution in [3.63, 3.8) is 0 Å². The molecular weight excluding hydrogens is 414 g/mol. The van der Waals surface area contributed by atoms with Gasteiger partial charge in [-0.05, 0) is 48.7 Å². The number of hydrogen-bond donors (Lipinski definition) is 4. The maximum absolute atomic E-state index is 12.3. The first-order valence-electron chi connectivity index (χ1n) is 10.8. The van der Waals surface area contributed by atoms with Crippen molar-refractivity contribution in [1.82, 2.24) is 30.5 Å². The van der Waals surface area contributed by atoms with Gasteiger partial charge in [-0.1, -0.05) is 24.3 Å². The average Bonchev–Trinajstić information content (AvgIpc) is 3.32. The van der Waals surface area contributed by atoms with Crippen LogP contribution in [0.1, 0.15) is 23.3 Å². The number of nitrogens with one attached hydrogen (secondary N) is 4. The average molecular weight is 435 g/mol. The predicted octanol–water partition coefficient (Wildman–Crippen LogP) is 4.65. The maximum atomic E-state index is 12.3. The smallest absolute Gasteiger partial charge is 0.267 e. The molecule has 1 aliphatic carbocycles. The third-order valence-electron chi connectivity index (χ3n) is 5.68. The van der Waals surface area contributed by atoms with Crippen molar-refractivity contribution in [2.45, 2.75) is 18.9 Å². The summed E-state index contributed by atoms with van der Waals surface area (Å²) in [4.78, 5) is 24.7. The van der Waals surface area contributed by atoms with Crippen LogP contribution in [0.4, 0.5) is 11.5 Å². The molecule has 3 heterocycles. The third kappa shape index (κ3) is 4.06. The monoisotopic (exact) mass is 435 g/mol. The van der Waals surface area contributed by atoms with Crippen LogP contribution in [0.3, 0.4) is 0 Å². The number of anilines is 2. The van der Waals surface area contributed by atoms with E-state index in [0.717, 1.165) is 46.1 Å². The Morgan fingerprint density at radius 2 is 1.82 bits per heavy atom. The summed E-state index contributed by atoms with van der Waals surface area (Å²) in [5.41, 5.74) is 5.38. The lowest BCUT2D eigenvalue weighted by atomic mass is 10.1. The molecular formula is C25H21N7O. The Kier molecular flexibility index (Phi) is 4.61. The Morgan fingerprint density at radius 3 is 2.61 bits per heavy atom. The summed E-state index contributed by atoms with van der Waals surface area (Å²) in [7, 11) is 0. The molecule has 33 heavy (non-hydrogen) atoms. The maximum Gasteiger partial charge on any atom is 0.267 e. The number of benzene rings is 2. The van der Waals surface area contributed by atoms with E-state index in [2.05, 4.69) is 35.8 Å². The Morgan fingerprint density at radius 1 is 0.970 bits per heavy atom. The molecule has 8 nitrogen and oxygen atoms in total. The normalized spacial score (nSPS) is 13.2. The van der Waals surface area contributed by atoms with Crippen LogP contribution in [0.5, 0.6) is 0 Å². The molecule has 1 aliphatic rings. The molecule has 1 saturated carbocycles. The number of carbonyl (C=O) groups excluding carboxylic acids is 1. The van der Waals surface area contributed by atoms with Gasteiger partial charge >= 0.3 is 0 Å². The molecule has 0 bridgehead atoms. The van der Waals surface area contributed by atoms with E-state index in [4.69, 9.17) is 0 Å². The zero-order valence-corrected chi connectivity index (χ0v) is 17.7. The zero-order valence-electron chi connectivity index (χ0n) is 17.7. The van der Waals surface area contributed by atoms with Gasteiger partial charge in [0.2, 0.25) is 0 Å². The van der Waals surface area contributed by atoms with Crippen LogP contribution in [0, 0.1) is 0 Å². The van der Waals surface area contributed by atoms with E-state index in [1.54, 1.807) is 12.4 Å². The molecule has 0 radical (unpaired) electrons. The number of carbonyl (C=O) groups is 1. The number of hydrogen-bond acceptors (Lipinski definition) is 5. The second kappa shape index (κ2) is 7.90. The van der Waals surface area contributed by atoms with Gasteiger partial charge in [-0.25, -0.2) is 9.97 Å². The largest absolute Gasteiger partial charge is 0.351 e. The summed E-state index contributed by atoms with van der Waals surface area (Å²) in [6, 6.07) is 18.0. The highest BCUT2D eigenvalue weighted by molar-refractivity contribution is 5.99. The molecule has 4 N–H and O–H groups in total. The minimum absolute atomic E-state index is 0.0588. The summed E-state index contributed by atoms with van der Waals surface area (Å²) in [5, 5.41) is 14.1. The van der Waals surface area contributed by atoms with E-state index in [0.29, 0.717) is 23.4 Å². The Balaban J connectivity index is 1.22. The number of aromatic nitrogens is 5. The quantitative estimate of drug-likeness (QED) is 0.310. The lowest BCUT2D eigenvalue weighted by Gasteiger charge is -2.08. The lowest BCUT2D eigenvalue weighted by molar-refractivity contribution is 0.0947. The van der Waals surface area contributed by atoms with Gasteiger partial charge in [-0.15, -0.1) is 0 Å². The van der Waals surface area contributed by atoms with Crippen LogP contribution < -0.4 is 10.6 Å². The van der Waals surface area contributed by atoms with E-state index in [9.17, 15) is 4.79 Å². The molecule has 0 spiro atoms. The minimum Gasteiger partial charge on any atom is -0.351 e. The topological polar surface area (TPSA) is 111 Å². The Hall–Kier alpha value is -4.46. The van der Waals surface area contributed by atoms with Crippen molar-refractivity contribution >= 4 is 28.3 Å². The molecule has 8 heteroatoms. The number of H-pyrrole nitrogens is 2. The molecule has 3 aromatic heterocycles. The van der Waals surface area contributed by atoms with Gasteiger partial charge < -0.3 is 15.6 Å². The van der Waals surface area contributed by atoms with E-state index >= 15 is 0 Å². The molecule has 0 atom stereocenters. The van der Waals surface area contributed by atoms with Crippen LogP contribution >= 0.6 is 0 Å². The summed E-state index contributed by atoms with van der Waals surface area (Å²) >= 11 is 0. The molecule has 1 fully saturated rings. The van der Waals surface area contributed by atoms with Gasteiger partial charge in [-0.2, -0.15) is 5.10 Å². The van der Waals surface area contributed by atoms with Crippen molar-refractivity contribution < 1.29 is 4.79 Å². The fourth-order valence-electron chi connectivity index (χ4n) is 3.75. The standard InChI is InChI=1S/C25H21N7O/c33-25(30-20-7-8-20)22-11-16-1-2-17(12-21(16)31-22)24-26-10-9-23(32-24)29-19-5-3-15(4-6-19)18-13-27-28-14-18/h1-6,9-14,20,31H,7-8H2,(H,27,28)(H,30,33)(H,26,29,32). The Labute approximate surface area is 189 Å². The van der Waals surface area contributed by atoms with Gasteiger partial charge in [0.25, 0.3) is 5.91 Å². The predicted molar refractivity (Wildman–Crippen MR) is 127 cm³/mol. The second-order valence-corrected chi connectivity index (χ2v) is 8.19. The molecule has 1 amide bonds. The van der Waals surface area contributed by atoms with Crippen molar-refractivity contribution in [2.75, 3.05) is 5.32 Å². The van der Waals surface area contributed by atoms with E-state index in [1.807, 2.05) is 60.8 Å². The number of nitrogens with zero attached hydrogens (tertiary/aromatic N) is 3. The van der Waals surface area contributed by atoms with Gasteiger partial charge in [0.1, 0.15) is 11.5 Å². The molecule has 162 valence electrons. The van der Waals surface area contributed by atoms with Crippen LogP contribution in [0.25, 0.3) is 33.4 Å². The van der Waals surface area contributed by atoms with Crippen LogP contribution in [0.15, 0.2) is 73.2 Å². The summed E-state index contributed by atoms with van der Waals surface area (Å²) in [5.74, 6) is 1.25. The SMILES string of the molecule is O=C(NC1CC1)c1cc2ccc(-c3nccc(Nc4ccc(-c5cn[nH]c5)cc4)n3)cc2[nH]1. The molecule has 5 aromatic rings. The van der Waals surface area contributed by atoms with E-state index in [1.165, 1.54) is 0 Å². The van der Waals surface area contributed by atoms with Gasteiger partial charge in [0.15, 0.2) is 5.82 Å². The zero-order chi connectivity index (χ0) is 22.2. The van der Waals surface area contributed by atoms with Crippen LogP contribution in [-0.4, -0.2) is 37.1 Å². The van der Waals surface area contributed by atoms with Crippen molar-refractivity contribution in [2.24, 2.45) is 0 Å². The second-order valence-electron chi connectivity index (χ2n) is 8.19. The number of fused-ring (bicyclic) bond motifs is 1. The van der Waals surface area contributed by atoms with Gasteiger partial charge in [0.05, 0.1) is 6.20 Å². The van der Waals surface area contributed by atoms with Crippen molar-refractivity contribution in [3.8, 4) is 22.5 Å². The summed E-state index contributed by atoms with van der Waals surface area (Å²) in [6.45, 7) is 0. The molecule has 0 aliphatic heterocycles. The first-order chi connectivity index (χ1) is 16.2. The van der Waals surface area contributed by atoms with Gasteiger partial charge in [-0.3, -0.25) is 9.89 Å². The number of amides is 1. The van der Waals surface area contributed by atoms with E-state index < -0.39 is 0 Å². The lowest BCUT2D eigenvalue weighted by Crippen LogP contribution is -2.25. The van der Waals surface area contributed by atoms with Crippen LogP contribution in [0.2, 0.25) is 0 Å². The van der Waals surface area contributed by atoms with E-state index in [-0.39, 0.29) is 5.91 Å². The molecule has 2 aromatic carbocycles. The fourth-order valence-corrected chi connectivity index (χ4v) is 3.75. The highest BCUT2D eigenvalue weighted by Crippen LogP contribution is 2.26. The molecule has 0 unspecified atom stereocenters. The Bertz CT molecular complexity index is 1430. The third-order valence-corrected chi connectivity index (χ3v) is 5.68.